The quantitative estimate of drug-likeness (QED) is 0.644. The second-order valence-electron chi connectivity index (χ2n) is 8.24. The third-order valence-electron chi connectivity index (χ3n) is 4.65. The van der Waals surface area contributed by atoms with E-state index in [1.54, 1.807) is 45.0 Å². The summed E-state index contributed by atoms with van der Waals surface area (Å²) < 4.78 is 11.4. The minimum atomic E-state index is -1.21. The van der Waals surface area contributed by atoms with Gasteiger partial charge in [-0.1, -0.05) is 12.1 Å². The van der Waals surface area contributed by atoms with Crippen LogP contribution in [0.25, 0.3) is 5.69 Å². The Labute approximate surface area is 177 Å². The van der Waals surface area contributed by atoms with Crippen molar-refractivity contribution in [2.75, 3.05) is 6.61 Å². The number of carbonyl (C=O) groups is 2. The van der Waals surface area contributed by atoms with E-state index >= 15 is 0 Å². The molecule has 10 heteroatoms. The minimum Gasteiger partial charge on any atom is -0.480 e. The van der Waals surface area contributed by atoms with Gasteiger partial charge >= 0.3 is 17.8 Å². The second-order valence-corrected chi connectivity index (χ2v) is 8.24. The molecule has 31 heavy (non-hydrogen) atoms. The number of amides is 1. The summed E-state index contributed by atoms with van der Waals surface area (Å²) in [7, 11) is 0. The molecule has 2 aromatic rings. The number of nitrogens with one attached hydrogen (secondary N) is 2. The molecular formula is C21H25N3O7. The van der Waals surface area contributed by atoms with Gasteiger partial charge in [-0.15, -0.1) is 0 Å². The molecule has 0 aliphatic carbocycles. The number of carboxylic acid groups (broad SMARTS) is 1. The Morgan fingerprint density at radius 1 is 1.26 bits per heavy atom. The molecule has 0 fully saturated rings. The fraction of sp³-hybridized carbons (Fsp3) is 0.429. The largest absolute Gasteiger partial charge is 0.480 e. The Bertz CT molecular complexity index is 1090. The molecule has 0 saturated heterocycles. The lowest BCUT2D eigenvalue weighted by molar-refractivity contribution is -0.139. The third-order valence-corrected chi connectivity index (χ3v) is 4.65. The van der Waals surface area contributed by atoms with E-state index in [1.807, 2.05) is 0 Å². The van der Waals surface area contributed by atoms with E-state index in [1.165, 1.54) is 0 Å². The molecule has 1 amide bonds. The molecule has 1 atom stereocenters. The zero-order valence-electron chi connectivity index (χ0n) is 17.6. The summed E-state index contributed by atoms with van der Waals surface area (Å²) in [5, 5.41) is 11.8. The molecular weight excluding hydrogens is 406 g/mol. The van der Waals surface area contributed by atoms with Crippen molar-refractivity contribution < 1.29 is 24.2 Å². The molecule has 0 saturated carbocycles. The Hall–Kier alpha value is -3.40. The summed E-state index contributed by atoms with van der Waals surface area (Å²) >= 11 is 0. The van der Waals surface area contributed by atoms with Crippen LogP contribution in [0.3, 0.4) is 0 Å². The highest BCUT2D eigenvalue weighted by Crippen LogP contribution is 2.13. The van der Waals surface area contributed by atoms with Crippen LogP contribution in [-0.4, -0.2) is 45.0 Å². The molecule has 1 aromatic carbocycles. The van der Waals surface area contributed by atoms with Gasteiger partial charge in [0.15, 0.2) is 0 Å². The van der Waals surface area contributed by atoms with Crippen molar-refractivity contribution in [3.05, 3.63) is 61.9 Å². The Balaban J connectivity index is 1.80. The van der Waals surface area contributed by atoms with Gasteiger partial charge in [0, 0.05) is 18.5 Å². The number of alkyl carbamates (subject to hydrolysis) is 1. The van der Waals surface area contributed by atoms with Gasteiger partial charge in [0.1, 0.15) is 11.6 Å². The molecule has 1 aliphatic heterocycles. The summed E-state index contributed by atoms with van der Waals surface area (Å²) in [6.07, 6.45) is -0.357. The number of hydrogen-bond acceptors (Lipinski definition) is 6. The van der Waals surface area contributed by atoms with Crippen LogP contribution in [0.2, 0.25) is 0 Å². The molecule has 3 N–H and O–H groups in total. The summed E-state index contributed by atoms with van der Waals surface area (Å²) in [6, 6.07) is 5.10. The fourth-order valence-corrected chi connectivity index (χ4v) is 3.23. The number of nitrogens with zero attached hydrogens (tertiary/aromatic N) is 1. The van der Waals surface area contributed by atoms with Gasteiger partial charge in [0.05, 0.1) is 24.5 Å². The van der Waals surface area contributed by atoms with Crippen LogP contribution in [-0.2, 0) is 33.7 Å². The number of aromatic amines is 1. The summed E-state index contributed by atoms with van der Waals surface area (Å²) in [5.74, 6) is -1.21. The lowest BCUT2D eigenvalue weighted by atomic mass is 10.1. The van der Waals surface area contributed by atoms with Crippen molar-refractivity contribution >= 4 is 12.1 Å². The number of carboxylic acids is 1. The Morgan fingerprint density at radius 3 is 2.55 bits per heavy atom. The SMILES string of the molecule is CC(C)(C)OC(=O)N[C@@H](Cc1ccc(-n2c(=O)[nH]c3c(c2=O)COCC3)cc1)C(=O)O. The van der Waals surface area contributed by atoms with Gasteiger partial charge in [-0.3, -0.25) is 4.79 Å². The van der Waals surface area contributed by atoms with E-state index in [0.29, 0.717) is 35.5 Å². The van der Waals surface area contributed by atoms with Crippen LogP contribution in [0.5, 0.6) is 0 Å². The van der Waals surface area contributed by atoms with Gasteiger partial charge in [0.25, 0.3) is 5.56 Å². The van der Waals surface area contributed by atoms with E-state index in [4.69, 9.17) is 9.47 Å². The molecule has 2 heterocycles. The zero-order valence-corrected chi connectivity index (χ0v) is 17.6. The molecule has 1 aromatic heterocycles. The normalized spacial score (nSPS) is 14.4. The minimum absolute atomic E-state index is 0.00185. The van der Waals surface area contributed by atoms with Crippen LogP contribution < -0.4 is 16.6 Å². The number of hydrogen-bond donors (Lipinski definition) is 3. The first kappa shape index (κ1) is 22.3. The second kappa shape index (κ2) is 8.76. The number of ether oxygens (including phenoxy) is 2. The predicted molar refractivity (Wildman–Crippen MR) is 111 cm³/mol. The number of carbonyl (C=O) groups excluding carboxylic acids is 1. The highest BCUT2D eigenvalue weighted by molar-refractivity contribution is 5.80. The van der Waals surface area contributed by atoms with Crippen molar-refractivity contribution in [1.29, 1.82) is 0 Å². The first-order chi connectivity index (χ1) is 14.5. The number of rotatable bonds is 5. The van der Waals surface area contributed by atoms with Gasteiger partial charge < -0.3 is 24.9 Å². The maximum absolute atomic E-state index is 12.7. The smallest absolute Gasteiger partial charge is 0.408 e. The van der Waals surface area contributed by atoms with Crippen molar-refractivity contribution in [3.8, 4) is 5.69 Å². The molecule has 0 unspecified atom stereocenters. The van der Waals surface area contributed by atoms with Crippen LogP contribution in [0, 0.1) is 0 Å². The van der Waals surface area contributed by atoms with E-state index in [0.717, 1.165) is 4.57 Å². The summed E-state index contributed by atoms with van der Waals surface area (Å²) in [6.45, 7) is 5.62. The third kappa shape index (κ3) is 5.40. The van der Waals surface area contributed by atoms with Gasteiger partial charge in [-0.2, -0.15) is 0 Å². The number of benzene rings is 1. The molecule has 3 rings (SSSR count). The highest BCUT2D eigenvalue weighted by Gasteiger charge is 2.24. The van der Waals surface area contributed by atoms with Crippen molar-refractivity contribution in [2.45, 2.75) is 51.9 Å². The van der Waals surface area contributed by atoms with Crippen molar-refractivity contribution in [3.63, 3.8) is 0 Å². The molecule has 0 spiro atoms. The maximum atomic E-state index is 12.7. The monoisotopic (exact) mass is 431 g/mol. The van der Waals surface area contributed by atoms with E-state index in [9.17, 15) is 24.3 Å². The molecule has 166 valence electrons. The van der Waals surface area contributed by atoms with E-state index < -0.39 is 35.0 Å². The topological polar surface area (TPSA) is 140 Å². The molecule has 0 bridgehead atoms. The number of aliphatic carboxylic acids is 1. The highest BCUT2D eigenvalue weighted by atomic mass is 16.6. The van der Waals surface area contributed by atoms with Gasteiger partial charge in [-0.05, 0) is 38.5 Å². The van der Waals surface area contributed by atoms with Crippen LogP contribution in [0.1, 0.15) is 37.6 Å². The van der Waals surface area contributed by atoms with Crippen LogP contribution in [0.15, 0.2) is 33.9 Å². The fourth-order valence-electron chi connectivity index (χ4n) is 3.23. The molecule has 10 nitrogen and oxygen atoms in total. The lowest BCUT2D eigenvalue weighted by Gasteiger charge is -2.22. The van der Waals surface area contributed by atoms with Gasteiger partial charge in [-0.25, -0.2) is 19.0 Å². The number of H-pyrrole nitrogens is 1. The Morgan fingerprint density at radius 2 is 1.94 bits per heavy atom. The number of fused-ring (bicyclic) bond motifs is 1. The molecule has 1 aliphatic rings. The van der Waals surface area contributed by atoms with Crippen LogP contribution >= 0.6 is 0 Å². The van der Waals surface area contributed by atoms with Crippen molar-refractivity contribution in [2.24, 2.45) is 0 Å². The molecule has 0 radical (unpaired) electrons. The average molecular weight is 431 g/mol. The maximum Gasteiger partial charge on any atom is 0.408 e. The number of aromatic nitrogens is 2. The summed E-state index contributed by atoms with van der Waals surface area (Å²) in [5.41, 5.74) is 0.201. The first-order valence-corrected chi connectivity index (χ1v) is 9.81. The van der Waals surface area contributed by atoms with Crippen LogP contribution in [0.4, 0.5) is 4.79 Å². The lowest BCUT2D eigenvalue weighted by Crippen LogP contribution is -2.44. The average Bonchev–Trinajstić information content (AvgIpc) is 2.67. The zero-order chi connectivity index (χ0) is 22.8. The standard InChI is InChI=1S/C21H25N3O7/c1-21(2,3)31-20(29)23-16(18(26)27)10-12-4-6-13(7-5-12)24-17(25)14-11-30-9-8-15(14)22-19(24)28/h4-7,16H,8-11H2,1-3H3,(H,22,28)(H,23,29)(H,26,27)/t16-/m0/s1. The predicted octanol–water partition coefficient (Wildman–Crippen LogP) is 1.12. The van der Waals surface area contributed by atoms with E-state index in [2.05, 4.69) is 10.3 Å². The van der Waals surface area contributed by atoms with E-state index in [-0.39, 0.29) is 13.0 Å². The van der Waals surface area contributed by atoms with Gasteiger partial charge in [0.2, 0.25) is 0 Å². The summed E-state index contributed by atoms with van der Waals surface area (Å²) in [4.78, 5) is 51.4. The first-order valence-electron chi connectivity index (χ1n) is 9.81. The van der Waals surface area contributed by atoms with Crippen molar-refractivity contribution in [1.82, 2.24) is 14.9 Å². The Kier molecular flexibility index (Phi) is 6.30.